The molecule has 21 heavy (non-hydrogen) atoms. The van der Waals surface area contributed by atoms with Crippen LogP contribution in [0, 0.1) is 0 Å². The van der Waals surface area contributed by atoms with Crippen LogP contribution in [0.1, 0.15) is 20.8 Å². The highest BCUT2D eigenvalue weighted by Crippen LogP contribution is 2.09. The lowest BCUT2D eigenvalue weighted by molar-refractivity contribution is 0.0206. The van der Waals surface area contributed by atoms with Crippen molar-refractivity contribution in [2.75, 3.05) is 47.4 Å². The van der Waals surface area contributed by atoms with Crippen molar-refractivity contribution < 1.29 is 14.3 Å². The third-order valence-corrected chi connectivity index (χ3v) is 2.35. The smallest absolute Gasteiger partial charge is 0.410 e. The van der Waals surface area contributed by atoms with Crippen LogP contribution < -0.4 is 10.6 Å². The summed E-state index contributed by atoms with van der Waals surface area (Å²) in [4.78, 5) is 17.7. The van der Waals surface area contributed by atoms with Gasteiger partial charge in [0.25, 0.3) is 0 Å². The molecule has 0 rings (SSSR count). The first-order valence-corrected chi connectivity index (χ1v) is 6.69. The van der Waals surface area contributed by atoms with Crippen molar-refractivity contribution in [2.24, 2.45) is 4.99 Å². The Bertz CT molecular complexity index is 319. The molecule has 0 aromatic carbocycles. The van der Waals surface area contributed by atoms with Gasteiger partial charge in [-0.3, -0.25) is 4.99 Å². The molecule has 8 heteroatoms. The summed E-state index contributed by atoms with van der Waals surface area (Å²) >= 11 is 0. The van der Waals surface area contributed by atoms with Gasteiger partial charge in [0, 0.05) is 40.8 Å². The molecule has 0 spiro atoms. The molecule has 0 radical (unpaired) electrons. The minimum atomic E-state index is -0.503. The van der Waals surface area contributed by atoms with Crippen molar-refractivity contribution in [3.8, 4) is 0 Å². The second kappa shape index (κ2) is 11.8. The molecule has 0 heterocycles. The molecule has 0 saturated carbocycles. The fourth-order valence-electron chi connectivity index (χ4n) is 1.41. The Labute approximate surface area is 144 Å². The Morgan fingerprint density at radius 3 is 2.33 bits per heavy atom. The van der Waals surface area contributed by atoms with Crippen molar-refractivity contribution >= 4 is 36.0 Å². The van der Waals surface area contributed by atoms with E-state index in [-0.39, 0.29) is 30.1 Å². The zero-order valence-corrected chi connectivity index (χ0v) is 16.2. The number of guanidine groups is 1. The van der Waals surface area contributed by atoms with Gasteiger partial charge in [-0.05, 0) is 20.8 Å². The zero-order valence-electron chi connectivity index (χ0n) is 13.9. The van der Waals surface area contributed by atoms with Crippen LogP contribution in [0.4, 0.5) is 4.79 Å². The van der Waals surface area contributed by atoms with Crippen molar-refractivity contribution in [1.82, 2.24) is 15.5 Å². The lowest BCUT2D eigenvalue weighted by atomic mass is 10.2. The fourth-order valence-corrected chi connectivity index (χ4v) is 1.41. The van der Waals surface area contributed by atoms with E-state index in [1.54, 1.807) is 26.1 Å². The molecule has 0 aromatic rings. The summed E-state index contributed by atoms with van der Waals surface area (Å²) in [6.07, 6.45) is -0.337. The van der Waals surface area contributed by atoms with E-state index in [9.17, 15) is 4.79 Å². The van der Waals surface area contributed by atoms with E-state index in [0.717, 1.165) is 0 Å². The number of ether oxygens (including phenoxy) is 2. The Balaban J connectivity index is 0. The third-order valence-electron chi connectivity index (χ3n) is 2.35. The molecule has 7 nitrogen and oxygen atoms in total. The van der Waals surface area contributed by atoms with Crippen molar-refractivity contribution in [1.29, 1.82) is 0 Å². The lowest BCUT2D eigenvalue weighted by Crippen LogP contribution is -2.44. The number of rotatable bonds is 6. The van der Waals surface area contributed by atoms with Gasteiger partial charge in [-0.1, -0.05) is 0 Å². The van der Waals surface area contributed by atoms with Crippen molar-refractivity contribution in [3.05, 3.63) is 0 Å². The molecule has 2 N–H and O–H groups in total. The van der Waals surface area contributed by atoms with E-state index in [1.807, 2.05) is 20.8 Å². The monoisotopic (exact) mass is 416 g/mol. The van der Waals surface area contributed by atoms with Gasteiger partial charge in [-0.25, -0.2) is 4.79 Å². The first-order chi connectivity index (χ1) is 9.34. The van der Waals surface area contributed by atoms with Crippen LogP contribution >= 0.6 is 24.0 Å². The van der Waals surface area contributed by atoms with Gasteiger partial charge in [0.2, 0.25) is 0 Å². The Kier molecular flexibility index (Phi) is 12.7. The molecule has 0 aliphatic heterocycles. The van der Waals surface area contributed by atoms with Crippen LogP contribution in [0.15, 0.2) is 4.99 Å². The molecular formula is C13H29IN4O3. The summed E-state index contributed by atoms with van der Waals surface area (Å²) < 4.78 is 10.4. The van der Waals surface area contributed by atoms with Crippen LogP contribution in [-0.4, -0.2) is 70.0 Å². The van der Waals surface area contributed by atoms with E-state index in [2.05, 4.69) is 15.6 Å². The standard InChI is InChI=1S/C13H28N4O3.HI/c1-13(2,3)20-12(18)17(9-10-19-6)8-7-16-11(14-4)15-5;/h7-10H2,1-6H3,(H2,14,15,16);1H. The maximum atomic E-state index is 12.1. The normalized spacial score (nSPS) is 11.4. The number of aliphatic imine (C=N–C) groups is 1. The number of halogens is 1. The molecule has 0 aromatic heterocycles. The summed E-state index contributed by atoms with van der Waals surface area (Å²) in [5.74, 6) is 0.681. The topological polar surface area (TPSA) is 75.2 Å². The number of hydrogen-bond acceptors (Lipinski definition) is 4. The zero-order chi connectivity index (χ0) is 15.6. The highest BCUT2D eigenvalue weighted by molar-refractivity contribution is 14.0. The molecule has 0 aliphatic rings. The van der Waals surface area contributed by atoms with Gasteiger partial charge in [-0.15, -0.1) is 24.0 Å². The molecule has 0 aliphatic carbocycles. The maximum Gasteiger partial charge on any atom is 0.410 e. The van der Waals surface area contributed by atoms with Gasteiger partial charge in [0.15, 0.2) is 5.96 Å². The summed E-state index contributed by atoms with van der Waals surface area (Å²) in [6, 6.07) is 0. The molecular weight excluding hydrogens is 387 g/mol. The van der Waals surface area contributed by atoms with Crippen LogP contribution in [-0.2, 0) is 9.47 Å². The average Bonchev–Trinajstić information content (AvgIpc) is 2.36. The molecule has 0 fully saturated rings. The average molecular weight is 416 g/mol. The number of amides is 1. The minimum Gasteiger partial charge on any atom is -0.444 e. The first-order valence-electron chi connectivity index (χ1n) is 6.69. The summed E-state index contributed by atoms with van der Waals surface area (Å²) in [6.45, 7) is 7.60. The number of methoxy groups -OCH3 is 1. The minimum absolute atomic E-state index is 0. The highest BCUT2D eigenvalue weighted by Gasteiger charge is 2.21. The molecule has 1 amide bonds. The van der Waals surface area contributed by atoms with E-state index >= 15 is 0 Å². The second-order valence-electron chi connectivity index (χ2n) is 5.21. The number of carbonyl (C=O) groups is 1. The van der Waals surface area contributed by atoms with E-state index in [0.29, 0.717) is 32.2 Å². The molecule has 0 bridgehead atoms. The number of nitrogens with one attached hydrogen (secondary N) is 2. The van der Waals surface area contributed by atoms with Crippen LogP contribution in [0.2, 0.25) is 0 Å². The third kappa shape index (κ3) is 11.6. The van der Waals surface area contributed by atoms with Gasteiger partial charge in [0.1, 0.15) is 5.60 Å². The second-order valence-corrected chi connectivity index (χ2v) is 5.21. The van der Waals surface area contributed by atoms with Crippen LogP contribution in [0.3, 0.4) is 0 Å². The van der Waals surface area contributed by atoms with Gasteiger partial charge in [0.05, 0.1) is 6.61 Å². The Morgan fingerprint density at radius 2 is 1.90 bits per heavy atom. The Morgan fingerprint density at radius 1 is 1.29 bits per heavy atom. The Hall–Kier alpha value is -0.770. The number of carbonyl (C=O) groups excluding carboxylic acids is 1. The SMILES string of the molecule is CN=C(NC)NCCN(CCOC)C(=O)OC(C)(C)C.I. The van der Waals surface area contributed by atoms with E-state index in [4.69, 9.17) is 9.47 Å². The predicted molar refractivity (Wildman–Crippen MR) is 95.5 cm³/mol. The van der Waals surface area contributed by atoms with E-state index in [1.165, 1.54) is 0 Å². The lowest BCUT2D eigenvalue weighted by Gasteiger charge is -2.27. The molecule has 0 unspecified atom stereocenters. The van der Waals surface area contributed by atoms with Gasteiger partial charge >= 0.3 is 6.09 Å². The molecule has 0 atom stereocenters. The fraction of sp³-hybridized carbons (Fsp3) is 0.846. The van der Waals surface area contributed by atoms with Crippen LogP contribution in [0.25, 0.3) is 0 Å². The molecule has 0 saturated heterocycles. The predicted octanol–water partition coefficient (Wildman–Crippen LogP) is 1.28. The van der Waals surface area contributed by atoms with E-state index < -0.39 is 5.60 Å². The van der Waals surface area contributed by atoms with Crippen molar-refractivity contribution in [2.45, 2.75) is 26.4 Å². The summed E-state index contributed by atoms with van der Waals surface area (Å²) in [5.41, 5.74) is -0.503. The molecule has 126 valence electrons. The number of nitrogens with zero attached hydrogens (tertiary/aromatic N) is 2. The largest absolute Gasteiger partial charge is 0.444 e. The van der Waals surface area contributed by atoms with Crippen LogP contribution in [0.5, 0.6) is 0 Å². The first kappa shape index (κ1) is 22.5. The highest BCUT2D eigenvalue weighted by atomic mass is 127. The van der Waals surface area contributed by atoms with Gasteiger partial charge in [-0.2, -0.15) is 0 Å². The van der Waals surface area contributed by atoms with Crippen molar-refractivity contribution in [3.63, 3.8) is 0 Å². The number of hydrogen-bond donors (Lipinski definition) is 2. The summed E-state index contributed by atoms with van der Waals surface area (Å²) in [7, 11) is 5.08. The summed E-state index contributed by atoms with van der Waals surface area (Å²) in [5, 5.41) is 6.01. The quantitative estimate of drug-likeness (QED) is 0.388. The van der Waals surface area contributed by atoms with Gasteiger partial charge < -0.3 is 25.0 Å². The maximum absolute atomic E-state index is 12.1.